The number of carbonyl (C=O) groups excluding carboxylic acids is 1. The Balaban J connectivity index is 2.08. The fraction of sp³-hybridized carbons (Fsp3) is 0.333. The molecule has 0 N–H and O–H groups in total. The second-order valence-corrected chi connectivity index (χ2v) is 8.16. The summed E-state index contributed by atoms with van der Waals surface area (Å²) in [4.78, 5) is 18.0. The molecule has 2 aromatic rings. The van der Waals surface area contributed by atoms with Gasteiger partial charge in [-0.1, -0.05) is 24.3 Å². The molecule has 5 nitrogen and oxygen atoms in total. The summed E-state index contributed by atoms with van der Waals surface area (Å²) in [7, 11) is -3.22. The van der Waals surface area contributed by atoms with E-state index in [1.807, 2.05) is 6.07 Å². The van der Waals surface area contributed by atoms with Crippen LogP contribution in [0.25, 0.3) is 0 Å². The van der Waals surface area contributed by atoms with E-state index < -0.39 is 9.84 Å². The van der Waals surface area contributed by atoms with Gasteiger partial charge in [0.1, 0.15) is 15.7 Å². The van der Waals surface area contributed by atoms with Gasteiger partial charge in [-0.3, -0.25) is 9.78 Å². The zero-order valence-corrected chi connectivity index (χ0v) is 14.9. The molecule has 0 aliphatic heterocycles. The molecule has 1 aromatic carbocycles. The highest BCUT2D eigenvalue weighted by atomic mass is 32.2. The first-order chi connectivity index (χ1) is 11.8. The van der Waals surface area contributed by atoms with E-state index in [2.05, 4.69) is 4.98 Å². The lowest BCUT2D eigenvalue weighted by molar-refractivity contribution is -0.131. The molecule has 2 rings (SSSR count). The van der Waals surface area contributed by atoms with Crippen molar-refractivity contribution in [2.24, 2.45) is 0 Å². The fourth-order valence-corrected chi connectivity index (χ4v) is 2.94. The number of hydrogen-bond donors (Lipinski definition) is 0. The molecule has 0 unspecified atom stereocenters. The number of hydrogen-bond acceptors (Lipinski definition) is 4. The van der Waals surface area contributed by atoms with Gasteiger partial charge in [-0.15, -0.1) is 0 Å². The highest BCUT2D eigenvalue weighted by Gasteiger charge is 2.17. The number of sulfone groups is 1. The average Bonchev–Trinajstić information content (AvgIpc) is 2.58. The molecule has 134 valence electrons. The Morgan fingerprint density at radius 1 is 1.20 bits per heavy atom. The second-order valence-electron chi connectivity index (χ2n) is 5.90. The smallest absolute Gasteiger partial charge is 0.223 e. The van der Waals surface area contributed by atoms with E-state index in [1.165, 1.54) is 6.07 Å². The minimum Gasteiger partial charge on any atom is -0.338 e. The van der Waals surface area contributed by atoms with Gasteiger partial charge in [-0.05, 0) is 29.7 Å². The van der Waals surface area contributed by atoms with Crippen LogP contribution in [-0.2, 0) is 27.6 Å². The minimum absolute atomic E-state index is 0.0869. The van der Waals surface area contributed by atoms with E-state index in [0.717, 1.165) is 11.8 Å². The quantitative estimate of drug-likeness (QED) is 0.720. The molecular weight excluding hydrogens is 343 g/mol. The van der Waals surface area contributed by atoms with Gasteiger partial charge in [0.2, 0.25) is 5.91 Å². The predicted octanol–water partition coefficient (Wildman–Crippen LogP) is 2.23. The number of amides is 1. The zero-order chi connectivity index (χ0) is 18.3. The van der Waals surface area contributed by atoms with E-state index in [4.69, 9.17) is 0 Å². The normalized spacial score (nSPS) is 11.3. The Morgan fingerprint density at radius 3 is 2.60 bits per heavy atom. The molecule has 0 atom stereocenters. The highest BCUT2D eigenvalue weighted by Crippen LogP contribution is 2.11. The number of benzene rings is 1. The fourth-order valence-electron chi connectivity index (χ4n) is 2.39. The maximum atomic E-state index is 13.8. The van der Waals surface area contributed by atoms with Gasteiger partial charge in [0.05, 0.1) is 5.75 Å². The summed E-state index contributed by atoms with van der Waals surface area (Å²) in [5.74, 6) is -0.784. The average molecular weight is 364 g/mol. The van der Waals surface area contributed by atoms with Crippen LogP contribution in [-0.4, -0.2) is 42.8 Å². The van der Waals surface area contributed by atoms with Gasteiger partial charge >= 0.3 is 0 Å². The van der Waals surface area contributed by atoms with Gasteiger partial charge in [-0.2, -0.15) is 0 Å². The van der Waals surface area contributed by atoms with Gasteiger partial charge in [0.25, 0.3) is 0 Å². The van der Waals surface area contributed by atoms with E-state index in [-0.39, 0.29) is 23.9 Å². The lowest BCUT2D eigenvalue weighted by Crippen LogP contribution is -2.33. The van der Waals surface area contributed by atoms with E-state index in [1.54, 1.807) is 41.6 Å². The van der Waals surface area contributed by atoms with Crippen LogP contribution in [0.1, 0.15) is 17.5 Å². The van der Waals surface area contributed by atoms with Crippen LogP contribution in [0.4, 0.5) is 4.39 Å². The van der Waals surface area contributed by atoms with Crippen LogP contribution >= 0.6 is 0 Å². The largest absolute Gasteiger partial charge is 0.338 e. The lowest BCUT2D eigenvalue weighted by atomic mass is 10.1. The third kappa shape index (κ3) is 6.62. The van der Waals surface area contributed by atoms with Crippen molar-refractivity contribution in [3.8, 4) is 0 Å². The first-order valence-electron chi connectivity index (χ1n) is 7.93. The molecule has 7 heteroatoms. The number of carbonyl (C=O) groups is 1. The Hall–Kier alpha value is -2.28. The maximum absolute atomic E-state index is 13.8. The standard InChI is InChI=1S/C18H21FN2O3S/c1-25(23,24)12-9-18(22)21(14-15-5-4-10-20-13-15)11-8-16-6-2-3-7-17(16)19/h2-7,10,13H,8-9,11-12,14H2,1H3. The Kier molecular flexibility index (Phi) is 6.64. The Labute approximate surface area is 147 Å². The van der Waals surface area contributed by atoms with Crippen molar-refractivity contribution < 1.29 is 17.6 Å². The van der Waals surface area contributed by atoms with Crippen molar-refractivity contribution in [2.75, 3.05) is 18.6 Å². The molecule has 0 saturated heterocycles. The molecule has 1 amide bonds. The first-order valence-corrected chi connectivity index (χ1v) is 9.99. The second kappa shape index (κ2) is 8.71. The van der Waals surface area contributed by atoms with Crippen LogP contribution in [0.3, 0.4) is 0 Å². The summed E-state index contributed by atoms with van der Waals surface area (Å²) in [5, 5.41) is 0. The number of aromatic nitrogens is 1. The number of rotatable bonds is 8. The van der Waals surface area contributed by atoms with Crippen LogP contribution in [0.5, 0.6) is 0 Å². The number of halogens is 1. The molecule has 1 heterocycles. The molecule has 0 spiro atoms. The van der Waals surface area contributed by atoms with Crippen LogP contribution in [0.15, 0.2) is 48.8 Å². The summed E-state index contributed by atoms with van der Waals surface area (Å²) in [5.41, 5.74) is 1.36. The SMILES string of the molecule is CS(=O)(=O)CCC(=O)N(CCc1ccccc1F)Cc1cccnc1. The Bertz CT molecular complexity index is 810. The molecular formula is C18H21FN2O3S. The number of pyridine rings is 1. The lowest BCUT2D eigenvalue weighted by Gasteiger charge is -2.23. The number of nitrogens with zero attached hydrogens (tertiary/aromatic N) is 2. The predicted molar refractivity (Wildman–Crippen MR) is 94.1 cm³/mol. The third-order valence-electron chi connectivity index (χ3n) is 3.74. The minimum atomic E-state index is -3.22. The summed E-state index contributed by atoms with van der Waals surface area (Å²) < 4.78 is 36.4. The van der Waals surface area contributed by atoms with Gasteiger partial charge < -0.3 is 4.90 Å². The Morgan fingerprint density at radius 2 is 1.96 bits per heavy atom. The zero-order valence-electron chi connectivity index (χ0n) is 14.1. The highest BCUT2D eigenvalue weighted by molar-refractivity contribution is 7.90. The van der Waals surface area contributed by atoms with Crippen molar-refractivity contribution in [1.29, 1.82) is 0 Å². The molecule has 0 bridgehead atoms. The van der Waals surface area contributed by atoms with Crippen molar-refractivity contribution in [3.63, 3.8) is 0 Å². The summed E-state index contributed by atoms with van der Waals surface area (Å²) >= 11 is 0. The monoisotopic (exact) mass is 364 g/mol. The van der Waals surface area contributed by atoms with E-state index >= 15 is 0 Å². The van der Waals surface area contributed by atoms with Gasteiger partial charge in [0.15, 0.2) is 0 Å². The molecule has 0 aliphatic carbocycles. The molecule has 0 saturated carbocycles. The molecule has 1 aromatic heterocycles. The first kappa shape index (κ1) is 19.1. The van der Waals surface area contributed by atoms with Crippen LogP contribution < -0.4 is 0 Å². The third-order valence-corrected chi connectivity index (χ3v) is 4.69. The van der Waals surface area contributed by atoms with Crippen molar-refractivity contribution in [3.05, 3.63) is 65.7 Å². The van der Waals surface area contributed by atoms with E-state index in [0.29, 0.717) is 25.1 Å². The van der Waals surface area contributed by atoms with Gasteiger partial charge in [-0.25, -0.2) is 12.8 Å². The van der Waals surface area contributed by atoms with Crippen molar-refractivity contribution >= 4 is 15.7 Å². The summed E-state index contributed by atoms with van der Waals surface area (Å²) in [6, 6.07) is 10.0. The van der Waals surface area contributed by atoms with Crippen molar-refractivity contribution in [2.45, 2.75) is 19.4 Å². The van der Waals surface area contributed by atoms with Gasteiger partial charge in [0, 0.05) is 38.2 Å². The summed E-state index contributed by atoms with van der Waals surface area (Å²) in [6.45, 7) is 0.614. The molecule has 25 heavy (non-hydrogen) atoms. The van der Waals surface area contributed by atoms with Crippen LogP contribution in [0.2, 0.25) is 0 Å². The summed E-state index contributed by atoms with van der Waals surface area (Å²) in [6.07, 6.45) is 4.66. The van der Waals surface area contributed by atoms with Crippen molar-refractivity contribution in [1.82, 2.24) is 9.88 Å². The molecule has 0 fully saturated rings. The maximum Gasteiger partial charge on any atom is 0.223 e. The van der Waals surface area contributed by atoms with Crippen LogP contribution in [0, 0.1) is 5.82 Å². The molecule has 0 radical (unpaired) electrons. The molecule has 0 aliphatic rings. The topological polar surface area (TPSA) is 67.3 Å². The van der Waals surface area contributed by atoms with E-state index in [9.17, 15) is 17.6 Å².